The van der Waals surface area contributed by atoms with E-state index < -0.39 is 35.1 Å². The minimum Gasteiger partial charge on any atom is -0.463 e. The Hall–Kier alpha value is -3.04. The van der Waals surface area contributed by atoms with E-state index in [9.17, 15) is 19.2 Å². The molecule has 198 valence electrons. The highest BCUT2D eigenvalue weighted by atomic mass is 35.5. The van der Waals surface area contributed by atoms with Gasteiger partial charge in [-0.1, -0.05) is 58.5 Å². The van der Waals surface area contributed by atoms with Crippen LogP contribution in [-0.2, 0) is 38.1 Å². The second-order valence-corrected chi connectivity index (χ2v) is 9.69. The van der Waals surface area contributed by atoms with Gasteiger partial charge >= 0.3 is 23.9 Å². The van der Waals surface area contributed by atoms with Crippen molar-refractivity contribution in [3.63, 3.8) is 0 Å². The van der Waals surface area contributed by atoms with Gasteiger partial charge in [0.15, 0.2) is 0 Å². The molecule has 4 rings (SSSR count). The van der Waals surface area contributed by atoms with Crippen LogP contribution < -0.4 is 0 Å². The molecule has 2 aromatic rings. The van der Waals surface area contributed by atoms with E-state index in [2.05, 4.69) is 0 Å². The van der Waals surface area contributed by atoms with Crippen LogP contribution in [0.5, 0.6) is 0 Å². The zero-order valence-electron chi connectivity index (χ0n) is 19.8. The maximum absolute atomic E-state index is 13.5. The molecule has 0 saturated heterocycles. The Labute approximate surface area is 237 Å². The molecule has 2 atom stereocenters. The summed E-state index contributed by atoms with van der Waals surface area (Å²) in [7, 11) is 0. The largest absolute Gasteiger partial charge is 0.463 e. The zero-order valence-corrected chi connectivity index (χ0v) is 22.8. The molecule has 2 aromatic carbocycles. The monoisotopic (exact) mass is 598 g/mol. The van der Waals surface area contributed by atoms with E-state index in [1.54, 1.807) is 0 Å². The van der Waals surface area contributed by atoms with Gasteiger partial charge in [0, 0.05) is 0 Å². The summed E-state index contributed by atoms with van der Waals surface area (Å²) >= 11 is 24.2. The van der Waals surface area contributed by atoms with Crippen molar-refractivity contribution in [2.45, 2.75) is 25.0 Å². The van der Waals surface area contributed by atoms with Crippen LogP contribution in [-0.4, -0.2) is 48.3 Å². The van der Waals surface area contributed by atoms with Crippen LogP contribution in [0.4, 0.5) is 0 Å². The smallest absolute Gasteiger partial charge is 0.360 e. The molecule has 0 N–H and O–H groups in total. The third kappa shape index (κ3) is 4.56. The van der Waals surface area contributed by atoms with Gasteiger partial charge in [0.25, 0.3) is 11.2 Å². The molecule has 0 saturated carbocycles. The fraction of sp³-hybridized carbons (Fsp3) is 0.231. The topological polar surface area (TPSA) is 105 Å². The van der Waals surface area contributed by atoms with Gasteiger partial charge in [0.1, 0.15) is 0 Å². The Morgan fingerprint density at radius 3 is 1.37 bits per heavy atom. The fourth-order valence-corrected chi connectivity index (χ4v) is 4.66. The number of rotatable bonds is 7. The molecule has 0 bridgehead atoms. The standard InChI is InChI=1S/C26H18Cl4O8/c1-3-35-23(33)25(11-15(21(31)37-25)13-5-7-17(27)19(29)9-13)26(24(34)36-4-2)12-16(22(32)38-26)14-6-8-18(28)20(30)10-14/h5-12H,3-4H2,1-2H3. The van der Waals surface area contributed by atoms with Crippen molar-refractivity contribution < 1.29 is 38.1 Å². The average Bonchev–Trinajstić information content (AvgIpc) is 3.42. The minimum atomic E-state index is -2.58. The van der Waals surface area contributed by atoms with Crippen LogP contribution in [0, 0.1) is 0 Å². The first-order chi connectivity index (χ1) is 18.0. The number of carbonyl (C=O) groups is 4. The molecule has 0 aliphatic carbocycles. The summed E-state index contributed by atoms with van der Waals surface area (Å²) in [5, 5.41) is 0.698. The van der Waals surface area contributed by atoms with Gasteiger partial charge in [-0.25, -0.2) is 19.2 Å². The van der Waals surface area contributed by atoms with E-state index in [4.69, 9.17) is 65.4 Å². The quantitative estimate of drug-likeness (QED) is 0.304. The molecule has 0 spiro atoms. The maximum Gasteiger partial charge on any atom is 0.360 e. The molecule has 0 amide bonds. The SMILES string of the molecule is CCOC(=O)C1(C2(C(=O)OCC)C=C(c3ccc(Cl)c(Cl)c3)C(=O)O2)C=C(c2ccc(Cl)c(Cl)c2)C(=O)O1. The third-order valence-electron chi connectivity index (χ3n) is 5.81. The first-order valence-corrected chi connectivity index (χ1v) is 12.7. The molecule has 2 heterocycles. The van der Waals surface area contributed by atoms with E-state index >= 15 is 0 Å². The van der Waals surface area contributed by atoms with E-state index in [0.717, 1.165) is 12.2 Å². The molecule has 0 aromatic heterocycles. The molecule has 12 heteroatoms. The Morgan fingerprint density at radius 1 is 0.684 bits per heavy atom. The van der Waals surface area contributed by atoms with E-state index in [1.807, 2.05) is 0 Å². The molecule has 8 nitrogen and oxygen atoms in total. The van der Waals surface area contributed by atoms with Crippen LogP contribution in [0.15, 0.2) is 48.6 Å². The normalized spacial score (nSPS) is 22.4. The highest BCUT2D eigenvalue weighted by Gasteiger charge is 2.72. The highest BCUT2D eigenvalue weighted by molar-refractivity contribution is 6.43. The lowest BCUT2D eigenvalue weighted by atomic mass is 9.80. The number of ether oxygens (including phenoxy) is 4. The molecule has 2 aliphatic heterocycles. The third-order valence-corrected chi connectivity index (χ3v) is 7.29. The van der Waals surface area contributed by atoms with Crippen molar-refractivity contribution in [2.75, 3.05) is 13.2 Å². The summed E-state index contributed by atoms with van der Waals surface area (Å²) in [6.07, 6.45) is 2.12. The molecule has 2 aliphatic rings. The summed E-state index contributed by atoms with van der Waals surface area (Å²) in [4.78, 5) is 53.3. The van der Waals surface area contributed by atoms with Crippen molar-refractivity contribution in [2.24, 2.45) is 0 Å². The average molecular weight is 600 g/mol. The number of hydrogen-bond acceptors (Lipinski definition) is 8. The summed E-state index contributed by atoms with van der Waals surface area (Å²) < 4.78 is 21.6. The second-order valence-electron chi connectivity index (χ2n) is 8.07. The maximum atomic E-state index is 13.5. The number of cyclic esters (lactones) is 2. The molecule has 0 fully saturated rings. The van der Waals surface area contributed by atoms with Gasteiger partial charge in [-0.05, 0) is 61.4 Å². The van der Waals surface area contributed by atoms with Crippen molar-refractivity contribution in [3.8, 4) is 0 Å². The van der Waals surface area contributed by atoms with Gasteiger partial charge < -0.3 is 18.9 Å². The lowest BCUT2D eigenvalue weighted by Gasteiger charge is -2.36. The first kappa shape index (κ1) is 28.0. The van der Waals surface area contributed by atoms with Gasteiger partial charge in [-0.2, -0.15) is 0 Å². The Balaban J connectivity index is 1.99. The predicted molar refractivity (Wildman–Crippen MR) is 140 cm³/mol. The van der Waals surface area contributed by atoms with Gasteiger partial charge in [0.2, 0.25) is 0 Å². The van der Waals surface area contributed by atoms with Gasteiger partial charge in [0.05, 0.1) is 44.5 Å². The van der Waals surface area contributed by atoms with Gasteiger partial charge in [-0.15, -0.1) is 0 Å². The number of hydrogen-bond donors (Lipinski definition) is 0. The zero-order chi connectivity index (χ0) is 27.8. The van der Waals surface area contributed by atoms with Gasteiger partial charge in [-0.3, -0.25) is 0 Å². The number of halogens is 4. The summed E-state index contributed by atoms with van der Waals surface area (Å²) in [6.45, 7) is 2.73. The lowest BCUT2D eigenvalue weighted by molar-refractivity contribution is -0.207. The van der Waals surface area contributed by atoms with Crippen molar-refractivity contribution in [1.82, 2.24) is 0 Å². The Bertz CT molecular complexity index is 1320. The fourth-order valence-electron chi connectivity index (χ4n) is 4.06. The van der Waals surface area contributed by atoms with Crippen LogP contribution in [0.1, 0.15) is 25.0 Å². The van der Waals surface area contributed by atoms with E-state index in [-0.39, 0.29) is 55.6 Å². The lowest BCUT2D eigenvalue weighted by Crippen LogP contribution is -2.63. The summed E-state index contributed by atoms with van der Waals surface area (Å²) in [5.74, 6) is -4.35. The van der Waals surface area contributed by atoms with Crippen molar-refractivity contribution >= 4 is 81.4 Å². The summed E-state index contributed by atoms with van der Waals surface area (Å²) in [6, 6.07) is 8.58. The predicted octanol–water partition coefficient (Wildman–Crippen LogP) is 5.48. The highest BCUT2D eigenvalue weighted by Crippen LogP contribution is 2.48. The van der Waals surface area contributed by atoms with Crippen LogP contribution >= 0.6 is 46.4 Å². The van der Waals surface area contributed by atoms with Crippen molar-refractivity contribution in [3.05, 3.63) is 79.8 Å². The molecular formula is C26H18Cl4O8. The van der Waals surface area contributed by atoms with Crippen LogP contribution in [0.3, 0.4) is 0 Å². The number of esters is 4. The summed E-state index contributed by atoms with van der Waals surface area (Å²) in [5.41, 5.74) is -5.00. The first-order valence-electron chi connectivity index (χ1n) is 11.2. The Kier molecular flexibility index (Phi) is 7.81. The van der Waals surface area contributed by atoms with Crippen LogP contribution in [0.25, 0.3) is 11.1 Å². The van der Waals surface area contributed by atoms with Crippen molar-refractivity contribution in [1.29, 1.82) is 0 Å². The Morgan fingerprint density at radius 2 is 1.05 bits per heavy atom. The molecule has 0 radical (unpaired) electrons. The minimum absolute atomic E-state index is 0.126. The second kappa shape index (κ2) is 10.6. The van der Waals surface area contributed by atoms with E-state index in [0.29, 0.717) is 0 Å². The van der Waals surface area contributed by atoms with Crippen LogP contribution in [0.2, 0.25) is 20.1 Å². The van der Waals surface area contributed by atoms with E-state index in [1.165, 1.54) is 50.2 Å². The molecular weight excluding hydrogens is 582 g/mol. The molecule has 2 unspecified atom stereocenters. The number of carbonyl (C=O) groups excluding carboxylic acids is 4. The molecule has 38 heavy (non-hydrogen) atoms. The number of benzene rings is 2.